The van der Waals surface area contributed by atoms with Gasteiger partial charge in [0.15, 0.2) is 0 Å². The van der Waals surface area contributed by atoms with Gasteiger partial charge in [-0.2, -0.15) is 0 Å². The van der Waals surface area contributed by atoms with Gasteiger partial charge in [-0.3, -0.25) is 4.90 Å². The minimum atomic E-state index is 0.389. The van der Waals surface area contributed by atoms with Crippen molar-refractivity contribution in [1.82, 2.24) is 24.4 Å². The maximum absolute atomic E-state index is 4.95. The number of aryl methyl sites for hydroxylation is 2. The lowest BCUT2D eigenvalue weighted by molar-refractivity contribution is 0.246. The zero-order chi connectivity index (χ0) is 16.5. The highest BCUT2D eigenvalue weighted by atomic mass is 32.1. The second-order valence-corrected chi connectivity index (χ2v) is 7.27. The molecule has 1 fully saturated rings. The van der Waals surface area contributed by atoms with Crippen molar-refractivity contribution >= 4 is 11.3 Å². The van der Waals surface area contributed by atoms with Crippen LogP contribution in [0.2, 0.25) is 0 Å². The Morgan fingerprint density at radius 2 is 2.25 bits per heavy atom. The fourth-order valence-corrected chi connectivity index (χ4v) is 4.20. The molecule has 0 aliphatic carbocycles. The first-order valence-electron chi connectivity index (χ1n) is 8.29. The molecule has 0 unspecified atom stereocenters. The molecule has 5 nitrogen and oxygen atoms in total. The average Bonchev–Trinajstić information content (AvgIpc) is 3.31. The Hall–Kier alpha value is -2.05. The Balaban J connectivity index is 1.61. The molecule has 1 aliphatic rings. The van der Waals surface area contributed by atoms with Crippen LogP contribution in [-0.4, -0.2) is 31.0 Å². The zero-order valence-electron chi connectivity index (χ0n) is 14.0. The standard InChI is InChI=1S/C18H21N5S/c1-13-18(24-12-20-13)10-23-8-4-7-16(23)14-5-3-6-15(21-14)17-9-19-11-22(17)2/h3,5-6,9,11-12,16H,4,7-8,10H2,1-2H3/t16-/m1/s1. The molecule has 3 aromatic heterocycles. The smallest absolute Gasteiger partial charge is 0.0948 e. The summed E-state index contributed by atoms with van der Waals surface area (Å²) in [5.74, 6) is 0. The van der Waals surface area contributed by atoms with E-state index in [1.165, 1.54) is 17.7 Å². The third-order valence-electron chi connectivity index (χ3n) is 4.75. The van der Waals surface area contributed by atoms with Crippen molar-refractivity contribution in [3.63, 3.8) is 0 Å². The fraction of sp³-hybridized carbons (Fsp3) is 0.389. The Labute approximate surface area is 146 Å². The van der Waals surface area contributed by atoms with Crippen molar-refractivity contribution < 1.29 is 0 Å². The number of hydrogen-bond acceptors (Lipinski definition) is 5. The predicted octanol–water partition coefficient (Wildman–Crippen LogP) is 3.58. The summed E-state index contributed by atoms with van der Waals surface area (Å²) in [6.07, 6.45) is 6.08. The molecule has 0 N–H and O–H groups in total. The highest BCUT2D eigenvalue weighted by molar-refractivity contribution is 7.09. The summed E-state index contributed by atoms with van der Waals surface area (Å²) in [5.41, 5.74) is 6.31. The van der Waals surface area contributed by atoms with Crippen LogP contribution in [0, 0.1) is 6.92 Å². The molecule has 0 spiro atoms. The number of imidazole rings is 1. The summed E-state index contributed by atoms with van der Waals surface area (Å²) in [4.78, 5) is 17.4. The molecule has 4 rings (SSSR count). The molecule has 4 heterocycles. The van der Waals surface area contributed by atoms with Gasteiger partial charge in [0.05, 0.1) is 46.9 Å². The lowest BCUT2D eigenvalue weighted by Crippen LogP contribution is -2.23. The maximum atomic E-state index is 4.95. The molecule has 3 aromatic rings. The molecule has 124 valence electrons. The van der Waals surface area contributed by atoms with Gasteiger partial charge in [-0.15, -0.1) is 11.3 Å². The van der Waals surface area contributed by atoms with Gasteiger partial charge < -0.3 is 4.57 Å². The Kier molecular flexibility index (Phi) is 4.16. The molecule has 0 aromatic carbocycles. The van der Waals surface area contributed by atoms with Crippen LogP contribution >= 0.6 is 11.3 Å². The lowest BCUT2D eigenvalue weighted by atomic mass is 10.1. The van der Waals surface area contributed by atoms with Crippen molar-refractivity contribution in [2.45, 2.75) is 32.4 Å². The molecule has 6 heteroatoms. The van der Waals surface area contributed by atoms with E-state index in [-0.39, 0.29) is 0 Å². The van der Waals surface area contributed by atoms with Gasteiger partial charge in [-0.1, -0.05) is 6.07 Å². The molecule has 1 aliphatic heterocycles. The van der Waals surface area contributed by atoms with E-state index in [1.54, 1.807) is 11.3 Å². The Bertz CT molecular complexity index is 837. The van der Waals surface area contributed by atoms with E-state index in [0.717, 1.165) is 35.9 Å². The number of pyridine rings is 1. The van der Waals surface area contributed by atoms with Crippen molar-refractivity contribution in [2.75, 3.05) is 6.54 Å². The van der Waals surface area contributed by atoms with Crippen LogP contribution in [0.4, 0.5) is 0 Å². The molecule has 1 saturated heterocycles. The van der Waals surface area contributed by atoms with Crippen molar-refractivity contribution in [1.29, 1.82) is 0 Å². The summed E-state index contributed by atoms with van der Waals surface area (Å²) in [7, 11) is 2.01. The fourth-order valence-electron chi connectivity index (χ4n) is 3.40. The normalized spacial score (nSPS) is 18.3. The topological polar surface area (TPSA) is 46.8 Å². The highest BCUT2D eigenvalue weighted by Gasteiger charge is 2.28. The van der Waals surface area contributed by atoms with Gasteiger partial charge in [0, 0.05) is 18.5 Å². The van der Waals surface area contributed by atoms with Gasteiger partial charge in [-0.05, 0) is 38.4 Å². The average molecular weight is 339 g/mol. The van der Waals surface area contributed by atoms with Crippen LogP contribution in [0.1, 0.15) is 35.1 Å². The molecule has 0 saturated carbocycles. The third-order valence-corrected chi connectivity index (χ3v) is 5.67. The summed E-state index contributed by atoms with van der Waals surface area (Å²) in [6, 6.07) is 6.72. The van der Waals surface area contributed by atoms with Crippen LogP contribution in [-0.2, 0) is 13.6 Å². The third kappa shape index (κ3) is 2.87. The monoisotopic (exact) mass is 339 g/mol. The number of thiazole rings is 1. The SMILES string of the molecule is Cc1ncsc1CN1CCC[C@@H]1c1cccc(-c2cncn2C)n1. The number of nitrogens with zero attached hydrogens (tertiary/aromatic N) is 5. The molecule has 0 amide bonds. The second kappa shape index (κ2) is 6.45. The second-order valence-electron chi connectivity index (χ2n) is 6.33. The molecular formula is C18H21N5S. The first-order chi connectivity index (χ1) is 11.7. The van der Waals surface area contributed by atoms with Crippen molar-refractivity contribution in [3.05, 3.63) is 52.5 Å². The molecule has 1 atom stereocenters. The predicted molar refractivity (Wildman–Crippen MR) is 95.7 cm³/mol. The minimum absolute atomic E-state index is 0.389. The number of rotatable bonds is 4. The molecule has 24 heavy (non-hydrogen) atoms. The lowest BCUT2D eigenvalue weighted by Gasteiger charge is -2.24. The Morgan fingerprint density at radius 3 is 3.00 bits per heavy atom. The number of likely N-dealkylation sites (tertiary alicyclic amines) is 1. The first-order valence-corrected chi connectivity index (χ1v) is 9.17. The van der Waals surface area contributed by atoms with Gasteiger partial charge in [0.25, 0.3) is 0 Å². The largest absolute Gasteiger partial charge is 0.332 e. The summed E-state index contributed by atoms with van der Waals surface area (Å²) >= 11 is 1.75. The van der Waals surface area contributed by atoms with Crippen LogP contribution < -0.4 is 0 Å². The van der Waals surface area contributed by atoms with E-state index in [4.69, 9.17) is 4.98 Å². The number of hydrogen-bond donors (Lipinski definition) is 0. The van der Waals surface area contributed by atoms with Crippen LogP contribution in [0.3, 0.4) is 0 Å². The van der Waals surface area contributed by atoms with Gasteiger partial charge >= 0.3 is 0 Å². The van der Waals surface area contributed by atoms with Crippen molar-refractivity contribution in [3.8, 4) is 11.4 Å². The van der Waals surface area contributed by atoms with Gasteiger partial charge in [-0.25, -0.2) is 15.0 Å². The highest BCUT2D eigenvalue weighted by Crippen LogP contribution is 2.34. The molecule has 0 radical (unpaired) electrons. The first kappa shape index (κ1) is 15.5. The van der Waals surface area contributed by atoms with Gasteiger partial charge in [0.1, 0.15) is 0 Å². The van der Waals surface area contributed by atoms with E-state index >= 15 is 0 Å². The quantitative estimate of drug-likeness (QED) is 0.729. The maximum Gasteiger partial charge on any atom is 0.0948 e. The van der Waals surface area contributed by atoms with Crippen LogP contribution in [0.25, 0.3) is 11.4 Å². The zero-order valence-corrected chi connectivity index (χ0v) is 14.8. The summed E-state index contributed by atoms with van der Waals surface area (Å²) in [6.45, 7) is 4.19. The van der Waals surface area contributed by atoms with E-state index in [9.17, 15) is 0 Å². The van der Waals surface area contributed by atoms with Gasteiger partial charge in [0.2, 0.25) is 0 Å². The minimum Gasteiger partial charge on any atom is -0.332 e. The van der Waals surface area contributed by atoms with Crippen LogP contribution in [0.15, 0.2) is 36.2 Å². The van der Waals surface area contributed by atoms with Crippen LogP contribution in [0.5, 0.6) is 0 Å². The van der Waals surface area contributed by atoms with E-state index in [2.05, 4.69) is 40.0 Å². The van der Waals surface area contributed by atoms with E-state index < -0.39 is 0 Å². The van der Waals surface area contributed by atoms with Crippen molar-refractivity contribution in [2.24, 2.45) is 7.05 Å². The number of aromatic nitrogens is 4. The summed E-state index contributed by atoms with van der Waals surface area (Å²) < 4.78 is 2.01. The molecule has 0 bridgehead atoms. The van der Waals surface area contributed by atoms with E-state index in [1.807, 2.05) is 29.6 Å². The summed E-state index contributed by atoms with van der Waals surface area (Å²) in [5, 5.41) is 0. The Morgan fingerprint density at radius 1 is 1.33 bits per heavy atom. The van der Waals surface area contributed by atoms with E-state index in [0.29, 0.717) is 6.04 Å². The molecular weight excluding hydrogens is 318 g/mol.